The molecule has 0 aliphatic heterocycles. The van der Waals surface area contributed by atoms with Crippen molar-refractivity contribution in [1.29, 1.82) is 0 Å². The third-order valence-corrected chi connectivity index (χ3v) is 3.33. The van der Waals surface area contributed by atoms with Crippen LogP contribution in [0.15, 0.2) is 30.3 Å². The minimum Gasteiger partial charge on any atom is -0.497 e. The first-order valence-corrected chi connectivity index (χ1v) is 6.71. The van der Waals surface area contributed by atoms with Crippen molar-refractivity contribution >= 4 is 11.4 Å². The summed E-state index contributed by atoms with van der Waals surface area (Å²) >= 11 is 0. The van der Waals surface area contributed by atoms with Crippen LogP contribution in [0, 0.1) is 27.2 Å². The molecule has 0 saturated heterocycles. The highest BCUT2D eigenvalue weighted by Crippen LogP contribution is 2.42. The van der Waals surface area contributed by atoms with E-state index in [4.69, 9.17) is 14.2 Å². The van der Waals surface area contributed by atoms with Crippen LogP contribution >= 0.6 is 0 Å². The Labute approximate surface area is 136 Å². The molecule has 2 rings (SSSR count). The van der Waals surface area contributed by atoms with E-state index in [0.29, 0.717) is 11.5 Å². The lowest BCUT2D eigenvalue weighted by atomic mass is 10.1. The number of hydrogen-bond donors (Lipinski definition) is 0. The lowest BCUT2D eigenvalue weighted by Gasteiger charge is -2.13. The molecule has 0 saturated carbocycles. The van der Waals surface area contributed by atoms with Crippen molar-refractivity contribution in [2.75, 3.05) is 14.2 Å². The van der Waals surface area contributed by atoms with Crippen molar-refractivity contribution in [2.24, 2.45) is 0 Å². The van der Waals surface area contributed by atoms with Crippen molar-refractivity contribution in [3.05, 3.63) is 56.1 Å². The maximum atomic E-state index is 11.2. The number of benzene rings is 2. The quantitative estimate of drug-likeness (QED) is 0.585. The van der Waals surface area contributed by atoms with Crippen LogP contribution in [0.4, 0.5) is 11.4 Å². The van der Waals surface area contributed by atoms with Gasteiger partial charge in [0.2, 0.25) is 5.75 Å². The molecule has 0 bridgehead atoms. The zero-order valence-corrected chi connectivity index (χ0v) is 13.1. The molecule has 9 heteroatoms. The first-order valence-electron chi connectivity index (χ1n) is 6.71. The number of hydrogen-bond acceptors (Lipinski definition) is 7. The van der Waals surface area contributed by atoms with Gasteiger partial charge in [-0.2, -0.15) is 0 Å². The standard InChI is InChI=1S/C15H14N2O7/c1-9-11(16(18)19)5-6-12(17(20)21)15(9)24-14-8-10(22-2)4-7-13(14)23-3/h4-8H,1-3H3. The van der Waals surface area contributed by atoms with Crippen molar-refractivity contribution in [1.82, 2.24) is 0 Å². The van der Waals surface area contributed by atoms with E-state index >= 15 is 0 Å². The highest BCUT2D eigenvalue weighted by molar-refractivity contribution is 5.62. The summed E-state index contributed by atoms with van der Waals surface area (Å²) in [6.45, 7) is 1.38. The van der Waals surface area contributed by atoms with Gasteiger partial charge in [-0.1, -0.05) is 0 Å². The molecular formula is C15H14N2O7. The Morgan fingerprint density at radius 1 is 0.875 bits per heavy atom. The van der Waals surface area contributed by atoms with E-state index in [9.17, 15) is 20.2 Å². The van der Waals surface area contributed by atoms with Crippen LogP contribution in [0.5, 0.6) is 23.0 Å². The number of methoxy groups -OCH3 is 2. The molecule has 0 heterocycles. The summed E-state index contributed by atoms with van der Waals surface area (Å²) in [5.74, 6) is 0.664. The van der Waals surface area contributed by atoms with Crippen molar-refractivity contribution in [3.8, 4) is 23.0 Å². The average molecular weight is 334 g/mol. The van der Waals surface area contributed by atoms with E-state index in [2.05, 4.69) is 0 Å². The fraction of sp³-hybridized carbons (Fsp3) is 0.200. The maximum absolute atomic E-state index is 11.2. The molecule has 9 nitrogen and oxygen atoms in total. The number of ether oxygens (including phenoxy) is 3. The van der Waals surface area contributed by atoms with Gasteiger partial charge in [-0.25, -0.2) is 0 Å². The topological polar surface area (TPSA) is 114 Å². The van der Waals surface area contributed by atoms with E-state index in [1.807, 2.05) is 0 Å². The lowest BCUT2D eigenvalue weighted by Crippen LogP contribution is -2.00. The van der Waals surface area contributed by atoms with Crippen LogP contribution in [0.3, 0.4) is 0 Å². The Morgan fingerprint density at radius 2 is 1.50 bits per heavy atom. The molecule has 2 aromatic carbocycles. The van der Waals surface area contributed by atoms with Gasteiger partial charge in [0.15, 0.2) is 11.5 Å². The Balaban J connectivity index is 2.62. The van der Waals surface area contributed by atoms with Gasteiger partial charge in [-0.05, 0) is 19.1 Å². The molecule has 0 atom stereocenters. The summed E-state index contributed by atoms with van der Waals surface area (Å²) in [7, 11) is 2.86. The summed E-state index contributed by atoms with van der Waals surface area (Å²) < 4.78 is 15.8. The Bertz CT molecular complexity index is 805. The number of rotatable bonds is 6. The summed E-state index contributed by atoms with van der Waals surface area (Å²) in [4.78, 5) is 21.0. The molecule has 0 radical (unpaired) electrons. The van der Waals surface area contributed by atoms with E-state index < -0.39 is 9.85 Å². The zero-order chi connectivity index (χ0) is 17.9. The van der Waals surface area contributed by atoms with E-state index in [1.165, 1.54) is 27.2 Å². The minimum absolute atomic E-state index is 0.0408. The highest BCUT2D eigenvalue weighted by Gasteiger charge is 2.26. The van der Waals surface area contributed by atoms with Gasteiger partial charge in [0.05, 0.1) is 29.6 Å². The molecular weight excluding hydrogens is 320 g/mol. The van der Waals surface area contributed by atoms with Crippen LogP contribution in [-0.2, 0) is 0 Å². The summed E-state index contributed by atoms with van der Waals surface area (Å²) in [6.07, 6.45) is 0. The summed E-state index contributed by atoms with van der Waals surface area (Å²) in [5.41, 5.74) is -0.625. The van der Waals surface area contributed by atoms with Gasteiger partial charge in [0, 0.05) is 18.2 Å². The second kappa shape index (κ2) is 6.82. The summed E-state index contributed by atoms with van der Waals surface area (Å²) in [6, 6.07) is 6.77. The van der Waals surface area contributed by atoms with Gasteiger partial charge in [0.25, 0.3) is 5.69 Å². The molecule has 0 spiro atoms. The van der Waals surface area contributed by atoms with Gasteiger partial charge in [-0.3, -0.25) is 20.2 Å². The van der Waals surface area contributed by atoms with Crippen molar-refractivity contribution in [3.63, 3.8) is 0 Å². The normalized spacial score (nSPS) is 10.1. The average Bonchev–Trinajstić information content (AvgIpc) is 2.55. The van der Waals surface area contributed by atoms with E-state index in [1.54, 1.807) is 12.1 Å². The molecule has 0 amide bonds. The molecule has 0 aliphatic carbocycles. The first-order chi connectivity index (χ1) is 11.4. The molecule has 0 N–H and O–H groups in total. The molecule has 0 unspecified atom stereocenters. The highest BCUT2D eigenvalue weighted by atomic mass is 16.6. The predicted octanol–water partition coefficient (Wildman–Crippen LogP) is 3.62. The van der Waals surface area contributed by atoms with Gasteiger partial charge >= 0.3 is 5.69 Å². The van der Waals surface area contributed by atoms with Crippen LogP contribution in [0.1, 0.15) is 5.56 Å². The number of nitro groups is 2. The molecule has 126 valence electrons. The second-order valence-electron chi connectivity index (χ2n) is 4.69. The molecule has 0 fully saturated rings. The van der Waals surface area contributed by atoms with Crippen LogP contribution in [0.25, 0.3) is 0 Å². The third kappa shape index (κ3) is 3.19. The fourth-order valence-electron chi connectivity index (χ4n) is 2.11. The van der Waals surface area contributed by atoms with Crippen LogP contribution in [0.2, 0.25) is 0 Å². The first kappa shape index (κ1) is 17.0. The van der Waals surface area contributed by atoms with Crippen LogP contribution < -0.4 is 14.2 Å². The minimum atomic E-state index is -0.668. The molecule has 24 heavy (non-hydrogen) atoms. The monoisotopic (exact) mass is 334 g/mol. The fourth-order valence-corrected chi connectivity index (χ4v) is 2.11. The van der Waals surface area contributed by atoms with Crippen molar-refractivity contribution < 1.29 is 24.1 Å². The van der Waals surface area contributed by atoms with E-state index in [0.717, 1.165) is 12.1 Å². The lowest BCUT2D eigenvalue weighted by molar-refractivity contribution is -0.390. The van der Waals surface area contributed by atoms with E-state index in [-0.39, 0.29) is 28.4 Å². The second-order valence-corrected chi connectivity index (χ2v) is 4.69. The maximum Gasteiger partial charge on any atom is 0.312 e. The predicted molar refractivity (Wildman–Crippen MR) is 84.1 cm³/mol. The summed E-state index contributed by atoms with van der Waals surface area (Å²) in [5, 5.41) is 22.3. The Kier molecular flexibility index (Phi) is 4.83. The zero-order valence-electron chi connectivity index (χ0n) is 13.1. The smallest absolute Gasteiger partial charge is 0.312 e. The van der Waals surface area contributed by atoms with Gasteiger partial charge in [0.1, 0.15) is 5.75 Å². The van der Waals surface area contributed by atoms with Gasteiger partial charge in [-0.15, -0.1) is 0 Å². The SMILES string of the molecule is COc1ccc(OC)c(Oc2c([N+](=O)[O-])ccc([N+](=O)[O-])c2C)c1. The van der Waals surface area contributed by atoms with Gasteiger partial charge < -0.3 is 14.2 Å². The number of nitrogens with zero attached hydrogens (tertiary/aromatic N) is 2. The largest absolute Gasteiger partial charge is 0.497 e. The third-order valence-electron chi connectivity index (χ3n) is 3.33. The molecule has 2 aromatic rings. The molecule has 0 aromatic heterocycles. The Hall–Kier alpha value is -3.36. The van der Waals surface area contributed by atoms with Crippen LogP contribution in [-0.4, -0.2) is 24.1 Å². The molecule has 0 aliphatic rings. The van der Waals surface area contributed by atoms with Crippen molar-refractivity contribution in [2.45, 2.75) is 6.92 Å². The Morgan fingerprint density at radius 3 is 2.04 bits per heavy atom. The number of nitro benzene ring substituents is 2.